The number of thiol groups is 1. The normalized spacial score (nSPS) is 21.4. The van der Waals surface area contributed by atoms with Gasteiger partial charge >= 0.3 is 6.09 Å². The maximum Gasteiger partial charge on any atom is 0.409 e. The summed E-state index contributed by atoms with van der Waals surface area (Å²) >= 11 is 4.32. The number of rotatable bonds is 5. The summed E-state index contributed by atoms with van der Waals surface area (Å²) in [4.78, 5) is 25.3. The number of amides is 2. The van der Waals surface area contributed by atoms with Gasteiger partial charge in [0.2, 0.25) is 5.91 Å². The number of nitrogens with zero attached hydrogens (tertiary/aromatic N) is 1. The monoisotopic (exact) mass is 300 g/mol. The van der Waals surface area contributed by atoms with E-state index in [2.05, 4.69) is 17.9 Å². The molecule has 1 saturated carbocycles. The van der Waals surface area contributed by atoms with Gasteiger partial charge < -0.3 is 15.0 Å². The molecule has 0 atom stereocenters. The Bertz CT molecular complexity index is 363. The Morgan fingerprint density at radius 3 is 2.50 bits per heavy atom. The average molecular weight is 300 g/mol. The molecule has 0 spiro atoms. The number of likely N-dealkylation sites (tertiary alicyclic amines) is 1. The average Bonchev–Trinajstić information content (AvgIpc) is 3.20. The summed E-state index contributed by atoms with van der Waals surface area (Å²) in [6.07, 6.45) is 4.19. The summed E-state index contributed by atoms with van der Waals surface area (Å²) in [6.45, 7) is 3.52. The highest BCUT2D eigenvalue weighted by Crippen LogP contribution is 2.49. The van der Waals surface area contributed by atoms with Crippen LogP contribution in [0.4, 0.5) is 4.79 Å². The van der Waals surface area contributed by atoms with Crippen molar-refractivity contribution >= 4 is 24.6 Å². The topological polar surface area (TPSA) is 58.6 Å². The largest absolute Gasteiger partial charge is 0.450 e. The van der Waals surface area contributed by atoms with Crippen LogP contribution in [0.2, 0.25) is 0 Å². The molecule has 0 unspecified atom stereocenters. The first-order valence-electron chi connectivity index (χ1n) is 7.40. The number of hydrogen-bond acceptors (Lipinski definition) is 4. The lowest BCUT2D eigenvalue weighted by Gasteiger charge is -2.31. The van der Waals surface area contributed by atoms with Crippen LogP contribution in [0.3, 0.4) is 0 Å². The molecule has 2 rings (SSSR count). The molecule has 0 bridgehead atoms. The number of carbonyl (C=O) groups excluding carboxylic acids is 2. The molecule has 2 aliphatic rings. The molecule has 1 aliphatic carbocycles. The third-order valence-electron chi connectivity index (χ3n) is 4.21. The van der Waals surface area contributed by atoms with Crippen molar-refractivity contribution in [2.75, 3.05) is 25.4 Å². The number of hydrogen-bond donors (Lipinski definition) is 2. The van der Waals surface area contributed by atoms with Crippen LogP contribution in [0, 0.1) is 5.41 Å². The number of nitrogens with one attached hydrogen (secondary N) is 1. The van der Waals surface area contributed by atoms with Crippen LogP contribution >= 0.6 is 12.6 Å². The Morgan fingerprint density at radius 2 is 2.00 bits per heavy atom. The Labute approximate surface area is 125 Å². The Morgan fingerprint density at radius 1 is 1.35 bits per heavy atom. The van der Waals surface area contributed by atoms with E-state index in [4.69, 9.17) is 4.74 Å². The summed E-state index contributed by atoms with van der Waals surface area (Å²) in [5.41, 5.74) is 0.166. The van der Waals surface area contributed by atoms with E-state index in [1.807, 2.05) is 0 Å². The summed E-state index contributed by atoms with van der Waals surface area (Å²) in [5, 5.41) is 3.09. The van der Waals surface area contributed by atoms with Crippen LogP contribution < -0.4 is 5.32 Å². The van der Waals surface area contributed by atoms with Gasteiger partial charge in [0.15, 0.2) is 0 Å². The van der Waals surface area contributed by atoms with E-state index in [0.717, 1.165) is 31.4 Å². The molecule has 5 nitrogen and oxygen atoms in total. The van der Waals surface area contributed by atoms with Crippen LogP contribution in [-0.4, -0.2) is 48.4 Å². The van der Waals surface area contributed by atoms with E-state index in [0.29, 0.717) is 26.1 Å². The van der Waals surface area contributed by atoms with Crippen molar-refractivity contribution in [3.8, 4) is 0 Å². The second kappa shape index (κ2) is 6.70. The molecule has 2 amide bonds. The predicted octanol–water partition coefficient (Wildman–Crippen LogP) is 1.82. The molecule has 0 aromatic carbocycles. The molecule has 1 saturated heterocycles. The lowest BCUT2D eigenvalue weighted by atomic mass is 10.0. The number of carbonyl (C=O) groups is 2. The van der Waals surface area contributed by atoms with Crippen molar-refractivity contribution in [1.82, 2.24) is 10.2 Å². The van der Waals surface area contributed by atoms with Gasteiger partial charge in [-0.25, -0.2) is 4.79 Å². The standard InChI is InChI=1S/C14H24N2O3S/c1-2-19-13(18)16-7-3-11(4-8-16)15-12(17)9-14(10-20)5-6-14/h11,20H,2-10H2,1H3,(H,15,17). The molecule has 6 heteroatoms. The second-order valence-electron chi connectivity index (χ2n) is 5.86. The van der Waals surface area contributed by atoms with Crippen molar-refractivity contribution in [3.05, 3.63) is 0 Å². The zero-order valence-corrected chi connectivity index (χ0v) is 13.0. The molecule has 114 valence electrons. The van der Waals surface area contributed by atoms with Gasteiger partial charge in [0.25, 0.3) is 0 Å². The van der Waals surface area contributed by atoms with Gasteiger partial charge in [0.05, 0.1) is 6.61 Å². The lowest BCUT2D eigenvalue weighted by molar-refractivity contribution is -0.123. The van der Waals surface area contributed by atoms with Gasteiger partial charge in [0, 0.05) is 25.6 Å². The molecule has 20 heavy (non-hydrogen) atoms. The van der Waals surface area contributed by atoms with Crippen molar-refractivity contribution < 1.29 is 14.3 Å². The Balaban J connectivity index is 1.69. The van der Waals surface area contributed by atoms with Gasteiger partial charge in [-0.15, -0.1) is 0 Å². The molecule has 2 fully saturated rings. The predicted molar refractivity (Wildman–Crippen MR) is 79.9 cm³/mol. The first-order valence-corrected chi connectivity index (χ1v) is 8.04. The Kier molecular flexibility index (Phi) is 5.18. The SMILES string of the molecule is CCOC(=O)N1CCC(NC(=O)CC2(CS)CC2)CC1. The fourth-order valence-electron chi connectivity index (χ4n) is 2.61. The van der Waals surface area contributed by atoms with E-state index >= 15 is 0 Å². The van der Waals surface area contributed by atoms with E-state index in [-0.39, 0.29) is 23.5 Å². The molecule has 1 heterocycles. The van der Waals surface area contributed by atoms with Crippen molar-refractivity contribution in [2.24, 2.45) is 5.41 Å². The fourth-order valence-corrected chi connectivity index (χ4v) is 3.04. The second-order valence-corrected chi connectivity index (χ2v) is 6.18. The van der Waals surface area contributed by atoms with Gasteiger partial charge in [-0.05, 0) is 43.8 Å². The minimum Gasteiger partial charge on any atom is -0.450 e. The molecule has 1 aliphatic heterocycles. The summed E-state index contributed by atoms with van der Waals surface area (Å²) in [5.74, 6) is 0.924. The highest BCUT2D eigenvalue weighted by atomic mass is 32.1. The minimum absolute atomic E-state index is 0.131. The van der Waals surface area contributed by atoms with Crippen molar-refractivity contribution in [2.45, 2.75) is 45.1 Å². The van der Waals surface area contributed by atoms with Gasteiger partial charge in [-0.3, -0.25) is 4.79 Å². The molecule has 0 radical (unpaired) electrons. The van der Waals surface area contributed by atoms with Crippen LogP contribution in [0.15, 0.2) is 0 Å². The van der Waals surface area contributed by atoms with Crippen LogP contribution in [0.5, 0.6) is 0 Å². The third-order valence-corrected chi connectivity index (χ3v) is 4.88. The smallest absolute Gasteiger partial charge is 0.409 e. The molecular weight excluding hydrogens is 276 g/mol. The van der Waals surface area contributed by atoms with E-state index < -0.39 is 0 Å². The lowest BCUT2D eigenvalue weighted by Crippen LogP contribution is -2.47. The first-order chi connectivity index (χ1) is 9.58. The summed E-state index contributed by atoms with van der Waals surface area (Å²) in [6, 6.07) is 0.184. The zero-order valence-electron chi connectivity index (χ0n) is 12.1. The maximum absolute atomic E-state index is 12.0. The van der Waals surface area contributed by atoms with Crippen LogP contribution in [-0.2, 0) is 9.53 Å². The van der Waals surface area contributed by atoms with Crippen molar-refractivity contribution in [3.63, 3.8) is 0 Å². The van der Waals surface area contributed by atoms with Gasteiger partial charge in [-0.1, -0.05) is 0 Å². The highest BCUT2D eigenvalue weighted by molar-refractivity contribution is 7.80. The Hall–Kier alpha value is -0.910. The van der Waals surface area contributed by atoms with Crippen LogP contribution in [0.25, 0.3) is 0 Å². The molecule has 0 aromatic rings. The molecular formula is C14H24N2O3S. The van der Waals surface area contributed by atoms with Crippen LogP contribution in [0.1, 0.15) is 39.0 Å². The zero-order chi connectivity index (χ0) is 14.6. The number of piperidine rings is 1. The summed E-state index contributed by atoms with van der Waals surface area (Å²) < 4.78 is 4.98. The molecule has 0 aromatic heterocycles. The van der Waals surface area contributed by atoms with Gasteiger partial charge in [-0.2, -0.15) is 12.6 Å². The first kappa shape index (κ1) is 15.5. The quantitative estimate of drug-likeness (QED) is 0.762. The maximum atomic E-state index is 12.0. The third kappa shape index (κ3) is 4.04. The number of ether oxygens (including phenoxy) is 1. The van der Waals surface area contributed by atoms with E-state index in [1.165, 1.54) is 0 Å². The summed E-state index contributed by atoms with van der Waals surface area (Å²) in [7, 11) is 0. The molecule has 1 N–H and O–H groups in total. The van der Waals surface area contributed by atoms with Crippen molar-refractivity contribution in [1.29, 1.82) is 0 Å². The fraction of sp³-hybridized carbons (Fsp3) is 0.857. The van der Waals surface area contributed by atoms with E-state index in [9.17, 15) is 9.59 Å². The van der Waals surface area contributed by atoms with Gasteiger partial charge in [0.1, 0.15) is 0 Å². The minimum atomic E-state index is -0.246. The van der Waals surface area contributed by atoms with E-state index in [1.54, 1.807) is 11.8 Å². The highest BCUT2D eigenvalue weighted by Gasteiger charge is 2.43.